The third-order valence-corrected chi connectivity index (χ3v) is 3.20. The molecule has 0 fully saturated rings. The molecule has 100 valence electrons. The molecule has 1 heterocycles. The molecule has 0 aliphatic rings. The summed E-state index contributed by atoms with van der Waals surface area (Å²) in [5, 5.41) is 15.2. The van der Waals surface area contributed by atoms with E-state index in [1.807, 2.05) is 24.3 Å². The van der Waals surface area contributed by atoms with E-state index in [0.29, 0.717) is 11.3 Å². The van der Waals surface area contributed by atoms with E-state index in [4.69, 9.17) is 5.26 Å². The van der Waals surface area contributed by atoms with Crippen LogP contribution in [0.1, 0.15) is 34.9 Å². The molecule has 0 aliphatic heterocycles. The molecule has 4 heteroatoms. The maximum absolute atomic E-state index is 11.4. The summed E-state index contributed by atoms with van der Waals surface area (Å²) in [5.74, 6) is 0. The van der Waals surface area contributed by atoms with Crippen molar-refractivity contribution in [2.45, 2.75) is 20.3 Å². The molecule has 20 heavy (non-hydrogen) atoms. The van der Waals surface area contributed by atoms with Crippen molar-refractivity contribution < 1.29 is 0 Å². The van der Waals surface area contributed by atoms with Crippen molar-refractivity contribution in [3.05, 3.63) is 62.6 Å². The van der Waals surface area contributed by atoms with Crippen LogP contribution in [0.5, 0.6) is 0 Å². The normalized spacial score (nSPS) is 10.7. The van der Waals surface area contributed by atoms with Crippen molar-refractivity contribution in [1.82, 2.24) is 10.2 Å². The number of nitrogens with one attached hydrogen (secondary N) is 1. The highest BCUT2D eigenvalue weighted by molar-refractivity contribution is 5.70. The van der Waals surface area contributed by atoms with Gasteiger partial charge in [-0.15, -0.1) is 0 Å². The Bertz CT molecular complexity index is 734. The fourth-order valence-electron chi connectivity index (χ4n) is 1.89. The van der Waals surface area contributed by atoms with Gasteiger partial charge in [0.1, 0.15) is 11.6 Å². The van der Waals surface area contributed by atoms with E-state index >= 15 is 0 Å². The lowest BCUT2D eigenvalue weighted by Crippen LogP contribution is -2.15. The van der Waals surface area contributed by atoms with Crippen LogP contribution in [0.2, 0.25) is 0 Å². The number of aromatic amines is 1. The maximum Gasteiger partial charge on any atom is 0.282 e. The van der Waals surface area contributed by atoms with E-state index in [0.717, 1.165) is 12.0 Å². The Balaban J connectivity index is 2.32. The number of nitriles is 1. The number of aryl methyl sites for hydroxylation is 1. The Morgan fingerprint density at radius 2 is 2.00 bits per heavy atom. The van der Waals surface area contributed by atoms with Crippen LogP contribution in [0.25, 0.3) is 12.2 Å². The molecule has 1 aromatic carbocycles. The molecule has 4 nitrogen and oxygen atoms in total. The fraction of sp³-hybridized carbons (Fsp3) is 0.188. The second-order valence-corrected chi connectivity index (χ2v) is 4.48. The van der Waals surface area contributed by atoms with Crippen LogP contribution in [0.4, 0.5) is 0 Å². The van der Waals surface area contributed by atoms with Crippen molar-refractivity contribution in [2.75, 3.05) is 0 Å². The van der Waals surface area contributed by atoms with Crippen molar-refractivity contribution in [3.63, 3.8) is 0 Å². The average molecular weight is 265 g/mol. The molecule has 0 atom stereocenters. The molecule has 0 amide bonds. The summed E-state index contributed by atoms with van der Waals surface area (Å²) in [6.07, 6.45) is 4.72. The topological polar surface area (TPSA) is 69.5 Å². The fourth-order valence-corrected chi connectivity index (χ4v) is 1.89. The third kappa shape index (κ3) is 2.83. The smallest absolute Gasteiger partial charge is 0.267 e. The lowest BCUT2D eigenvalue weighted by Gasteiger charge is -2.00. The first-order chi connectivity index (χ1) is 9.65. The van der Waals surface area contributed by atoms with E-state index in [1.54, 1.807) is 13.0 Å². The summed E-state index contributed by atoms with van der Waals surface area (Å²) in [7, 11) is 0. The lowest BCUT2D eigenvalue weighted by molar-refractivity contribution is 0.952. The maximum atomic E-state index is 11.4. The van der Waals surface area contributed by atoms with Gasteiger partial charge in [-0.25, -0.2) is 5.10 Å². The van der Waals surface area contributed by atoms with Gasteiger partial charge in [0.05, 0.1) is 5.69 Å². The van der Waals surface area contributed by atoms with E-state index in [1.165, 1.54) is 5.56 Å². The number of rotatable bonds is 3. The Labute approximate surface area is 117 Å². The summed E-state index contributed by atoms with van der Waals surface area (Å²) in [6, 6.07) is 10.1. The minimum atomic E-state index is -0.450. The molecule has 0 spiro atoms. The van der Waals surface area contributed by atoms with Gasteiger partial charge in [0.15, 0.2) is 0 Å². The van der Waals surface area contributed by atoms with Crippen LogP contribution < -0.4 is 5.56 Å². The zero-order valence-corrected chi connectivity index (χ0v) is 11.5. The SMILES string of the molecule is CCc1ccc(/C=C/c2n[nH]c(=O)c(C#N)c2C)cc1. The van der Waals surface area contributed by atoms with Gasteiger partial charge in [0, 0.05) is 0 Å². The van der Waals surface area contributed by atoms with Gasteiger partial charge in [-0.05, 0) is 36.1 Å². The first kappa shape index (κ1) is 13.8. The van der Waals surface area contributed by atoms with Gasteiger partial charge < -0.3 is 0 Å². The van der Waals surface area contributed by atoms with Crippen LogP contribution in [-0.4, -0.2) is 10.2 Å². The van der Waals surface area contributed by atoms with E-state index in [2.05, 4.69) is 29.3 Å². The zero-order valence-electron chi connectivity index (χ0n) is 11.5. The van der Waals surface area contributed by atoms with Gasteiger partial charge in [-0.2, -0.15) is 10.4 Å². The molecule has 0 unspecified atom stereocenters. The summed E-state index contributed by atoms with van der Waals surface area (Å²) < 4.78 is 0. The van der Waals surface area contributed by atoms with E-state index in [-0.39, 0.29) is 5.56 Å². The second kappa shape index (κ2) is 5.98. The highest BCUT2D eigenvalue weighted by Gasteiger charge is 2.07. The first-order valence-electron chi connectivity index (χ1n) is 6.42. The predicted octanol–water partition coefficient (Wildman–Crippen LogP) is 2.68. The number of nitrogens with zero attached hydrogens (tertiary/aromatic N) is 2. The molecular formula is C16H15N3O. The number of benzene rings is 1. The summed E-state index contributed by atoms with van der Waals surface area (Å²) in [6.45, 7) is 3.84. The average Bonchev–Trinajstić information content (AvgIpc) is 2.47. The highest BCUT2D eigenvalue weighted by atomic mass is 16.1. The zero-order chi connectivity index (χ0) is 14.5. The van der Waals surface area contributed by atoms with E-state index < -0.39 is 5.56 Å². The summed E-state index contributed by atoms with van der Waals surface area (Å²) in [5.41, 5.74) is 3.19. The molecule has 0 radical (unpaired) electrons. The Morgan fingerprint density at radius 3 is 2.60 bits per heavy atom. The number of hydrogen-bond acceptors (Lipinski definition) is 3. The second-order valence-electron chi connectivity index (χ2n) is 4.48. The van der Waals surface area contributed by atoms with Crippen LogP contribution in [0.15, 0.2) is 29.1 Å². The molecule has 0 saturated carbocycles. The van der Waals surface area contributed by atoms with Gasteiger partial charge in [0.25, 0.3) is 5.56 Å². The molecular weight excluding hydrogens is 250 g/mol. The number of H-pyrrole nitrogens is 1. The van der Waals surface area contributed by atoms with Gasteiger partial charge in [0.2, 0.25) is 0 Å². The van der Waals surface area contributed by atoms with Crippen LogP contribution in [0.3, 0.4) is 0 Å². The van der Waals surface area contributed by atoms with Crippen LogP contribution in [0, 0.1) is 18.3 Å². The molecule has 0 bridgehead atoms. The monoisotopic (exact) mass is 265 g/mol. The molecule has 0 aliphatic carbocycles. The van der Waals surface area contributed by atoms with Crippen molar-refractivity contribution >= 4 is 12.2 Å². The summed E-state index contributed by atoms with van der Waals surface area (Å²) >= 11 is 0. The minimum absolute atomic E-state index is 0.112. The largest absolute Gasteiger partial charge is 0.282 e. The Morgan fingerprint density at radius 1 is 1.30 bits per heavy atom. The number of aromatic nitrogens is 2. The van der Waals surface area contributed by atoms with E-state index in [9.17, 15) is 4.79 Å². The standard InChI is InChI=1S/C16H15N3O/c1-3-12-4-6-13(7-5-12)8-9-15-11(2)14(10-17)16(20)19-18-15/h4-9H,3H2,1-2H3,(H,19,20)/b9-8+. The number of hydrogen-bond donors (Lipinski definition) is 1. The minimum Gasteiger partial charge on any atom is -0.267 e. The molecule has 1 N–H and O–H groups in total. The van der Waals surface area contributed by atoms with Crippen LogP contribution in [-0.2, 0) is 6.42 Å². The van der Waals surface area contributed by atoms with Crippen molar-refractivity contribution in [2.24, 2.45) is 0 Å². The van der Waals surface area contributed by atoms with Crippen molar-refractivity contribution in [1.29, 1.82) is 5.26 Å². The van der Waals surface area contributed by atoms with Gasteiger partial charge in [-0.1, -0.05) is 37.3 Å². The van der Waals surface area contributed by atoms with Gasteiger partial charge >= 0.3 is 0 Å². The summed E-state index contributed by atoms with van der Waals surface area (Å²) in [4.78, 5) is 11.4. The molecule has 1 aromatic heterocycles. The molecule has 0 saturated heterocycles. The third-order valence-electron chi connectivity index (χ3n) is 3.20. The molecule has 2 aromatic rings. The Hall–Kier alpha value is -2.67. The lowest BCUT2D eigenvalue weighted by atomic mass is 10.1. The predicted molar refractivity (Wildman–Crippen MR) is 79.1 cm³/mol. The quantitative estimate of drug-likeness (QED) is 0.927. The van der Waals surface area contributed by atoms with Crippen molar-refractivity contribution in [3.8, 4) is 6.07 Å². The first-order valence-corrected chi connectivity index (χ1v) is 6.42. The highest BCUT2D eigenvalue weighted by Crippen LogP contribution is 2.12. The van der Waals surface area contributed by atoms with Gasteiger partial charge in [-0.3, -0.25) is 4.79 Å². The molecule has 2 rings (SSSR count). The van der Waals surface area contributed by atoms with Crippen LogP contribution >= 0.6 is 0 Å². The Kier molecular flexibility index (Phi) is 4.11.